The van der Waals surface area contributed by atoms with Crippen LogP contribution in [-0.4, -0.2) is 15.5 Å². The van der Waals surface area contributed by atoms with Crippen molar-refractivity contribution < 1.29 is 4.79 Å². The number of benzene rings is 1. The van der Waals surface area contributed by atoms with E-state index in [4.69, 9.17) is 0 Å². The fourth-order valence-corrected chi connectivity index (χ4v) is 1.86. The topological polar surface area (TPSA) is 46.9 Å². The van der Waals surface area contributed by atoms with Crippen LogP contribution in [0, 0.1) is 0 Å². The molecule has 0 saturated carbocycles. The Bertz CT molecular complexity index is 572. The molecule has 0 spiro atoms. The van der Waals surface area contributed by atoms with E-state index in [1.54, 1.807) is 0 Å². The van der Waals surface area contributed by atoms with Gasteiger partial charge in [-0.1, -0.05) is 36.9 Å². The quantitative estimate of drug-likeness (QED) is 0.828. The minimum absolute atomic E-state index is 0.187. The van der Waals surface area contributed by atoms with E-state index in [2.05, 4.69) is 29.0 Å². The normalized spacial score (nSPS) is 10.2. The highest BCUT2D eigenvalue weighted by Crippen LogP contribution is 2.10. The molecule has 0 aliphatic carbocycles. The molecule has 0 saturated heterocycles. The van der Waals surface area contributed by atoms with E-state index in [9.17, 15) is 4.79 Å². The largest absolute Gasteiger partial charge is 0.345 e. The van der Waals surface area contributed by atoms with E-state index < -0.39 is 0 Å². The summed E-state index contributed by atoms with van der Waals surface area (Å²) in [5.74, 6) is 0.647. The first-order valence-corrected chi connectivity index (χ1v) is 6.14. The van der Waals surface area contributed by atoms with Crippen LogP contribution >= 0.6 is 0 Å². The molecular formula is C15H17N3O. The van der Waals surface area contributed by atoms with Crippen molar-refractivity contribution in [3.05, 3.63) is 66.3 Å². The number of rotatable bonds is 5. The lowest BCUT2D eigenvalue weighted by atomic mass is 10.1. The molecule has 1 heterocycles. The number of nitrogens with zero attached hydrogens (tertiary/aromatic N) is 2. The summed E-state index contributed by atoms with van der Waals surface area (Å²) in [5, 5.41) is 2.73. The Morgan fingerprint density at radius 2 is 2.16 bits per heavy atom. The predicted molar refractivity (Wildman–Crippen MR) is 74.5 cm³/mol. The Hall–Kier alpha value is -2.36. The molecule has 1 N–H and O–H groups in total. The molecule has 0 radical (unpaired) electrons. The number of amides is 1. The van der Waals surface area contributed by atoms with Gasteiger partial charge < -0.3 is 9.88 Å². The molecule has 2 aromatic rings. The van der Waals surface area contributed by atoms with Gasteiger partial charge in [-0.3, -0.25) is 4.79 Å². The zero-order valence-electron chi connectivity index (χ0n) is 11.0. The first-order chi connectivity index (χ1) is 9.20. The van der Waals surface area contributed by atoms with Crippen LogP contribution in [0.1, 0.15) is 17.1 Å². The number of nitrogens with one attached hydrogen (secondary N) is 1. The van der Waals surface area contributed by atoms with Gasteiger partial charge in [0.2, 0.25) is 5.91 Å². The Labute approximate surface area is 112 Å². The summed E-state index contributed by atoms with van der Waals surface area (Å²) in [7, 11) is 1.96. The number of hydrogen-bond acceptors (Lipinski definition) is 2. The van der Waals surface area contributed by atoms with E-state index in [1.807, 2.05) is 36.0 Å². The van der Waals surface area contributed by atoms with Gasteiger partial charge in [-0.15, -0.1) is 0 Å². The average molecular weight is 255 g/mol. The van der Waals surface area contributed by atoms with Crippen LogP contribution in [-0.2, 0) is 24.8 Å². The molecule has 0 unspecified atom stereocenters. The lowest BCUT2D eigenvalue weighted by molar-refractivity contribution is -0.116. The van der Waals surface area contributed by atoms with Crippen LogP contribution in [0.25, 0.3) is 0 Å². The van der Waals surface area contributed by atoms with Crippen molar-refractivity contribution in [1.82, 2.24) is 14.9 Å². The van der Waals surface area contributed by atoms with E-state index >= 15 is 0 Å². The van der Waals surface area contributed by atoms with Crippen molar-refractivity contribution in [2.75, 3.05) is 0 Å². The third-order valence-electron chi connectivity index (χ3n) is 3.01. The number of carbonyl (C=O) groups excluding carboxylic acids is 1. The molecule has 0 bridgehead atoms. The number of carbonyl (C=O) groups is 1. The molecule has 1 amide bonds. The number of imidazole rings is 1. The van der Waals surface area contributed by atoms with Gasteiger partial charge in [-0.05, 0) is 11.6 Å². The maximum Gasteiger partial charge on any atom is 0.243 e. The third kappa shape index (κ3) is 3.31. The van der Waals surface area contributed by atoms with Crippen molar-refractivity contribution in [1.29, 1.82) is 0 Å². The maximum absolute atomic E-state index is 11.1. The second-order valence-electron chi connectivity index (χ2n) is 4.31. The van der Waals surface area contributed by atoms with E-state index in [0.29, 0.717) is 6.54 Å². The van der Waals surface area contributed by atoms with Crippen molar-refractivity contribution in [2.24, 2.45) is 7.05 Å². The Balaban J connectivity index is 2.06. The fraction of sp³-hybridized carbons (Fsp3) is 0.200. The van der Waals surface area contributed by atoms with Crippen LogP contribution < -0.4 is 5.32 Å². The SMILES string of the molecule is C=CC(=O)NCc1ncc(Cc2ccccc2)n1C. The van der Waals surface area contributed by atoms with Crippen molar-refractivity contribution in [3.63, 3.8) is 0 Å². The standard InChI is InChI=1S/C15H17N3O/c1-3-15(19)17-11-14-16-10-13(18(14)2)9-12-7-5-4-6-8-12/h3-8,10H,1,9,11H2,2H3,(H,17,19). The number of aromatic nitrogens is 2. The van der Waals surface area contributed by atoms with E-state index in [0.717, 1.165) is 17.9 Å². The molecule has 1 aromatic heterocycles. The van der Waals surface area contributed by atoms with Gasteiger partial charge in [0.05, 0.1) is 6.54 Å². The minimum Gasteiger partial charge on any atom is -0.345 e. The van der Waals surface area contributed by atoms with Gasteiger partial charge in [-0.2, -0.15) is 0 Å². The minimum atomic E-state index is -0.187. The molecule has 98 valence electrons. The molecule has 19 heavy (non-hydrogen) atoms. The number of hydrogen-bond donors (Lipinski definition) is 1. The highest BCUT2D eigenvalue weighted by Gasteiger charge is 2.07. The molecule has 0 fully saturated rings. The van der Waals surface area contributed by atoms with E-state index in [-0.39, 0.29) is 5.91 Å². The zero-order valence-corrected chi connectivity index (χ0v) is 11.0. The molecule has 0 atom stereocenters. The predicted octanol–water partition coefficient (Wildman–Crippen LogP) is 1.81. The van der Waals surface area contributed by atoms with Gasteiger partial charge in [0.15, 0.2) is 0 Å². The summed E-state index contributed by atoms with van der Waals surface area (Å²) >= 11 is 0. The van der Waals surface area contributed by atoms with E-state index in [1.165, 1.54) is 11.6 Å². The second-order valence-corrected chi connectivity index (χ2v) is 4.31. The van der Waals surface area contributed by atoms with Crippen molar-refractivity contribution in [3.8, 4) is 0 Å². The van der Waals surface area contributed by atoms with Gasteiger partial charge in [0.25, 0.3) is 0 Å². The summed E-state index contributed by atoms with van der Waals surface area (Å²) in [6.07, 6.45) is 3.94. The summed E-state index contributed by atoms with van der Waals surface area (Å²) in [6.45, 7) is 3.83. The van der Waals surface area contributed by atoms with Gasteiger partial charge in [0.1, 0.15) is 5.82 Å². The van der Waals surface area contributed by atoms with Crippen LogP contribution in [0.3, 0.4) is 0 Å². The van der Waals surface area contributed by atoms with Gasteiger partial charge >= 0.3 is 0 Å². The van der Waals surface area contributed by atoms with Crippen LogP contribution in [0.15, 0.2) is 49.2 Å². The Kier molecular flexibility index (Phi) is 4.13. The van der Waals surface area contributed by atoms with Crippen LogP contribution in [0.4, 0.5) is 0 Å². The van der Waals surface area contributed by atoms with Crippen LogP contribution in [0.5, 0.6) is 0 Å². The lowest BCUT2D eigenvalue weighted by Crippen LogP contribution is -2.22. The van der Waals surface area contributed by atoms with Crippen LogP contribution in [0.2, 0.25) is 0 Å². The molecule has 0 aliphatic rings. The summed E-state index contributed by atoms with van der Waals surface area (Å²) in [6, 6.07) is 10.2. The third-order valence-corrected chi connectivity index (χ3v) is 3.01. The summed E-state index contributed by atoms with van der Waals surface area (Å²) in [5.41, 5.74) is 2.36. The first kappa shape index (κ1) is 13.1. The molecule has 1 aromatic carbocycles. The maximum atomic E-state index is 11.1. The summed E-state index contributed by atoms with van der Waals surface area (Å²) < 4.78 is 2.01. The molecule has 2 rings (SSSR count). The average Bonchev–Trinajstić information content (AvgIpc) is 2.78. The van der Waals surface area contributed by atoms with Crippen molar-refractivity contribution in [2.45, 2.75) is 13.0 Å². The second kappa shape index (κ2) is 6.00. The molecule has 0 aliphatic heterocycles. The monoisotopic (exact) mass is 255 g/mol. The van der Waals surface area contributed by atoms with Crippen molar-refractivity contribution >= 4 is 5.91 Å². The summed E-state index contributed by atoms with van der Waals surface area (Å²) in [4.78, 5) is 15.5. The fourth-order valence-electron chi connectivity index (χ4n) is 1.86. The zero-order chi connectivity index (χ0) is 13.7. The Morgan fingerprint density at radius 1 is 1.42 bits per heavy atom. The molecular weight excluding hydrogens is 238 g/mol. The first-order valence-electron chi connectivity index (χ1n) is 6.14. The van der Waals surface area contributed by atoms with Gasteiger partial charge in [0, 0.05) is 25.4 Å². The smallest absolute Gasteiger partial charge is 0.243 e. The Morgan fingerprint density at radius 3 is 2.84 bits per heavy atom. The highest BCUT2D eigenvalue weighted by atomic mass is 16.1. The lowest BCUT2D eigenvalue weighted by Gasteiger charge is -2.06. The highest BCUT2D eigenvalue weighted by molar-refractivity contribution is 5.86. The molecule has 4 heteroatoms. The van der Waals surface area contributed by atoms with Gasteiger partial charge in [-0.25, -0.2) is 4.98 Å². The molecule has 4 nitrogen and oxygen atoms in total.